The van der Waals surface area contributed by atoms with E-state index in [2.05, 4.69) is 240 Å². The summed E-state index contributed by atoms with van der Waals surface area (Å²) in [4.78, 5) is 2.35. The molecule has 2 aromatic heterocycles. The predicted molar refractivity (Wildman–Crippen MR) is 246 cm³/mol. The van der Waals surface area contributed by atoms with Gasteiger partial charge in [0.1, 0.15) is 0 Å². The molecule has 0 aliphatic rings. The summed E-state index contributed by atoms with van der Waals surface area (Å²) >= 11 is 0. The Hall–Kier alpha value is -7.68. The molecule has 11 rings (SSSR count). The van der Waals surface area contributed by atoms with Crippen LogP contribution in [0.25, 0.3) is 82.6 Å². The zero-order valence-electron chi connectivity index (χ0n) is 31.8. The lowest BCUT2D eigenvalue weighted by atomic mass is 9.95. The number of para-hydroxylation sites is 2. The van der Waals surface area contributed by atoms with Crippen molar-refractivity contribution in [2.75, 3.05) is 4.90 Å². The van der Waals surface area contributed by atoms with Gasteiger partial charge in [-0.3, -0.25) is 0 Å². The SMILES string of the molecule is c1ccc(-c2ccc(N(c3ccc(-c4ccccc4)cc3)c3ccc(-c4ccc5c(c4)c4ccccc4n4c6ccccc6c(-c6ccccc6)c54)cc3)cc2)cc1. The van der Waals surface area contributed by atoms with Gasteiger partial charge in [0.05, 0.1) is 16.6 Å². The van der Waals surface area contributed by atoms with Crippen LogP contribution in [0.3, 0.4) is 0 Å². The summed E-state index contributed by atoms with van der Waals surface area (Å²) in [5.41, 5.74) is 16.7. The minimum Gasteiger partial charge on any atom is -0.311 e. The first-order chi connectivity index (χ1) is 28.8. The number of pyridine rings is 1. The maximum Gasteiger partial charge on any atom is 0.0625 e. The first-order valence-corrected chi connectivity index (χ1v) is 19.9. The summed E-state index contributed by atoms with van der Waals surface area (Å²) < 4.78 is 2.47. The van der Waals surface area contributed by atoms with Gasteiger partial charge < -0.3 is 9.30 Å². The third kappa shape index (κ3) is 5.74. The molecule has 2 heteroatoms. The number of fused-ring (bicyclic) bond motifs is 8. The molecule has 0 spiro atoms. The van der Waals surface area contributed by atoms with Crippen molar-refractivity contribution >= 4 is 55.2 Å². The fourth-order valence-corrected chi connectivity index (χ4v) is 8.81. The van der Waals surface area contributed by atoms with Gasteiger partial charge in [-0.25, -0.2) is 0 Å². The van der Waals surface area contributed by atoms with Gasteiger partial charge in [0, 0.05) is 38.8 Å². The van der Waals surface area contributed by atoms with Crippen molar-refractivity contribution in [2.45, 2.75) is 0 Å². The summed E-state index contributed by atoms with van der Waals surface area (Å²) in [7, 11) is 0. The summed E-state index contributed by atoms with van der Waals surface area (Å²) in [6.45, 7) is 0. The fourth-order valence-electron chi connectivity index (χ4n) is 8.81. The van der Waals surface area contributed by atoms with E-state index < -0.39 is 0 Å². The smallest absolute Gasteiger partial charge is 0.0625 e. The molecule has 0 saturated carbocycles. The molecule has 0 unspecified atom stereocenters. The molecule has 0 amide bonds. The Morgan fingerprint density at radius 2 is 0.638 bits per heavy atom. The zero-order chi connectivity index (χ0) is 38.4. The molecule has 0 radical (unpaired) electrons. The molecule has 272 valence electrons. The quantitative estimate of drug-likeness (QED) is 0.148. The minimum absolute atomic E-state index is 1.10. The second kappa shape index (κ2) is 14.1. The first kappa shape index (κ1) is 33.6. The number of nitrogens with zero attached hydrogens (tertiary/aromatic N) is 2. The summed E-state index contributed by atoms with van der Waals surface area (Å²) in [5, 5.41) is 5.01. The van der Waals surface area contributed by atoms with Crippen LogP contribution in [0.4, 0.5) is 17.1 Å². The van der Waals surface area contributed by atoms with Crippen LogP contribution >= 0.6 is 0 Å². The molecule has 11 aromatic rings. The van der Waals surface area contributed by atoms with Gasteiger partial charge in [-0.2, -0.15) is 0 Å². The highest BCUT2D eigenvalue weighted by molar-refractivity contribution is 6.22. The molecule has 0 fully saturated rings. The van der Waals surface area contributed by atoms with Crippen LogP contribution in [0.1, 0.15) is 0 Å². The second-order valence-electron chi connectivity index (χ2n) is 14.9. The molecule has 0 aliphatic carbocycles. The van der Waals surface area contributed by atoms with Crippen LogP contribution in [0.15, 0.2) is 231 Å². The summed E-state index contributed by atoms with van der Waals surface area (Å²) in [6.07, 6.45) is 0. The van der Waals surface area contributed by atoms with Crippen molar-refractivity contribution in [2.24, 2.45) is 0 Å². The van der Waals surface area contributed by atoms with Crippen LogP contribution < -0.4 is 4.90 Å². The first-order valence-electron chi connectivity index (χ1n) is 19.9. The standard InChI is InChI=1S/C56H38N2/c1-4-14-39(15-5-1)41-24-31-46(32-25-41)57(47-33-26-42(27-34-47)40-16-6-2-7-17-40)48-35-28-43(29-36-48)45-30-37-50-52(38-45)49-20-10-12-22-53(49)58-54-23-13-11-21-51(54)55(56(50)58)44-18-8-3-9-19-44/h1-38H. The summed E-state index contributed by atoms with van der Waals surface area (Å²) in [5.74, 6) is 0. The molecular formula is C56H38N2. The van der Waals surface area contributed by atoms with E-state index in [4.69, 9.17) is 0 Å². The van der Waals surface area contributed by atoms with Gasteiger partial charge in [-0.15, -0.1) is 0 Å². The van der Waals surface area contributed by atoms with E-state index in [1.807, 2.05) is 0 Å². The fraction of sp³-hybridized carbons (Fsp3) is 0. The zero-order valence-corrected chi connectivity index (χ0v) is 31.8. The second-order valence-corrected chi connectivity index (χ2v) is 14.9. The van der Waals surface area contributed by atoms with Crippen molar-refractivity contribution in [3.63, 3.8) is 0 Å². The van der Waals surface area contributed by atoms with Gasteiger partial charge >= 0.3 is 0 Å². The maximum absolute atomic E-state index is 2.47. The molecule has 0 N–H and O–H groups in total. The van der Waals surface area contributed by atoms with Crippen molar-refractivity contribution in [1.82, 2.24) is 4.40 Å². The molecule has 58 heavy (non-hydrogen) atoms. The molecule has 9 aromatic carbocycles. The number of hydrogen-bond acceptors (Lipinski definition) is 1. The Morgan fingerprint density at radius 3 is 1.16 bits per heavy atom. The third-order valence-corrected chi connectivity index (χ3v) is 11.6. The van der Waals surface area contributed by atoms with Crippen LogP contribution in [0.5, 0.6) is 0 Å². The van der Waals surface area contributed by atoms with Gasteiger partial charge in [-0.1, -0.05) is 176 Å². The minimum atomic E-state index is 1.10. The van der Waals surface area contributed by atoms with Crippen molar-refractivity contribution in [3.05, 3.63) is 231 Å². The topological polar surface area (TPSA) is 7.65 Å². The van der Waals surface area contributed by atoms with E-state index in [0.29, 0.717) is 0 Å². The Bertz CT molecular complexity index is 3140. The largest absolute Gasteiger partial charge is 0.311 e. The molecule has 0 bridgehead atoms. The van der Waals surface area contributed by atoms with Crippen molar-refractivity contribution in [1.29, 1.82) is 0 Å². The summed E-state index contributed by atoms with van der Waals surface area (Å²) in [6, 6.07) is 83.5. The average molecular weight is 739 g/mol. The lowest BCUT2D eigenvalue weighted by Gasteiger charge is -2.26. The van der Waals surface area contributed by atoms with Gasteiger partial charge in [0.2, 0.25) is 0 Å². The normalized spacial score (nSPS) is 11.4. The lowest BCUT2D eigenvalue weighted by Crippen LogP contribution is -2.09. The number of benzene rings is 9. The highest BCUT2D eigenvalue weighted by atomic mass is 15.1. The molecule has 2 heterocycles. The van der Waals surface area contributed by atoms with E-state index in [9.17, 15) is 0 Å². The molecule has 2 nitrogen and oxygen atoms in total. The van der Waals surface area contributed by atoms with E-state index in [1.54, 1.807) is 0 Å². The Kier molecular flexibility index (Phi) is 8.19. The van der Waals surface area contributed by atoms with Gasteiger partial charge in [-0.05, 0) is 98.9 Å². The van der Waals surface area contributed by atoms with E-state index in [0.717, 1.165) is 17.1 Å². The van der Waals surface area contributed by atoms with Gasteiger partial charge in [0.25, 0.3) is 0 Å². The highest BCUT2D eigenvalue weighted by Crippen LogP contribution is 2.44. The lowest BCUT2D eigenvalue weighted by molar-refractivity contribution is 1.28. The third-order valence-electron chi connectivity index (χ3n) is 11.6. The average Bonchev–Trinajstić information content (AvgIpc) is 3.66. The molecule has 0 aliphatic heterocycles. The Balaban J connectivity index is 1.03. The van der Waals surface area contributed by atoms with Crippen LogP contribution in [0, 0.1) is 0 Å². The van der Waals surface area contributed by atoms with Gasteiger partial charge in [0.15, 0.2) is 0 Å². The maximum atomic E-state index is 2.47. The van der Waals surface area contributed by atoms with E-state index >= 15 is 0 Å². The van der Waals surface area contributed by atoms with Crippen molar-refractivity contribution in [3.8, 4) is 44.5 Å². The molecular weight excluding hydrogens is 701 g/mol. The highest BCUT2D eigenvalue weighted by Gasteiger charge is 2.20. The number of aromatic nitrogens is 1. The van der Waals surface area contributed by atoms with E-state index in [1.165, 1.54) is 82.6 Å². The van der Waals surface area contributed by atoms with Crippen LogP contribution in [-0.4, -0.2) is 4.40 Å². The van der Waals surface area contributed by atoms with Crippen molar-refractivity contribution < 1.29 is 0 Å². The molecule has 0 saturated heterocycles. The monoisotopic (exact) mass is 738 g/mol. The Morgan fingerprint density at radius 1 is 0.259 bits per heavy atom. The number of anilines is 3. The van der Waals surface area contributed by atoms with E-state index in [-0.39, 0.29) is 0 Å². The number of hydrogen-bond donors (Lipinski definition) is 0. The molecule has 0 atom stereocenters. The number of rotatable bonds is 7. The Labute approximate surface area is 338 Å². The van der Waals surface area contributed by atoms with Crippen LogP contribution in [0.2, 0.25) is 0 Å². The van der Waals surface area contributed by atoms with Crippen LogP contribution in [-0.2, 0) is 0 Å². The predicted octanol–water partition coefficient (Wildman–Crippen LogP) is 15.5.